The molecule has 2 atom stereocenters. The number of unbranched alkanes of at least 4 members (excludes halogenated alkanes) is 15. The van der Waals surface area contributed by atoms with Gasteiger partial charge in [0.25, 0.3) is 0 Å². The minimum absolute atomic E-state index is 0. The summed E-state index contributed by atoms with van der Waals surface area (Å²) in [6, 6.07) is -0.469. The molecule has 0 aliphatic carbocycles. The lowest BCUT2D eigenvalue weighted by molar-refractivity contribution is -0.673. The second-order valence-corrected chi connectivity index (χ2v) is 12.5. The van der Waals surface area contributed by atoms with E-state index in [0.717, 1.165) is 28.3 Å². The number of rotatable bonds is 24. The van der Waals surface area contributed by atoms with Crippen LogP contribution in [-0.2, 0) is 26.1 Å². The van der Waals surface area contributed by atoms with Crippen LogP contribution in [0.5, 0.6) is 0 Å². The Morgan fingerprint density at radius 3 is 1.77 bits per heavy atom. The van der Waals surface area contributed by atoms with Gasteiger partial charge in [0.05, 0.1) is 10.9 Å². The Hall–Kier alpha value is -1.47. The van der Waals surface area contributed by atoms with Crippen LogP contribution in [0, 0.1) is 6.92 Å². The molecule has 0 saturated heterocycles. The Labute approximate surface area is 288 Å². The van der Waals surface area contributed by atoms with Gasteiger partial charge in [0.15, 0.2) is 5.69 Å². The van der Waals surface area contributed by atoms with Gasteiger partial charge < -0.3 is 43.5 Å². The Kier molecular flexibility index (Phi) is 25.8. The Bertz CT molecular complexity index is 916. The molecule has 0 aromatic carbocycles. The van der Waals surface area contributed by atoms with Crippen LogP contribution in [0.1, 0.15) is 140 Å². The summed E-state index contributed by atoms with van der Waals surface area (Å²) in [5, 5.41) is 2.77. The van der Waals surface area contributed by atoms with Crippen LogP contribution in [0.3, 0.4) is 0 Å². The number of aromatic nitrogens is 1. The monoisotopic (exact) mass is 753 g/mol. The maximum Gasteiger partial charge on any atom is 0.417 e. The zero-order chi connectivity index (χ0) is 31.9. The van der Waals surface area contributed by atoms with Gasteiger partial charge >= 0.3 is 12.2 Å². The number of alkyl carbamates (subject to hydrolysis) is 1. The van der Waals surface area contributed by atoms with Gasteiger partial charge in [0, 0.05) is 27.5 Å². The highest BCUT2D eigenvalue weighted by Gasteiger charge is 2.32. The topological polar surface area (TPSA) is 98.0 Å². The summed E-state index contributed by atoms with van der Waals surface area (Å²) in [4.78, 5) is 39.1. The molecule has 0 aliphatic heterocycles. The maximum atomic E-state index is 12.8. The largest absolute Gasteiger partial charge is 1.00 e. The molecule has 0 radical (unpaired) electrons. The van der Waals surface area contributed by atoms with Crippen molar-refractivity contribution in [1.82, 2.24) is 10.2 Å². The Morgan fingerprint density at radius 2 is 1.34 bits per heavy atom. The van der Waals surface area contributed by atoms with Gasteiger partial charge in [-0.3, -0.25) is 4.79 Å². The highest BCUT2D eigenvalue weighted by Crippen LogP contribution is 2.26. The molecule has 2 unspecified atom stereocenters. The van der Waals surface area contributed by atoms with Gasteiger partial charge in [0.1, 0.15) is 26.4 Å². The summed E-state index contributed by atoms with van der Waals surface area (Å²) >= 11 is 1.48. The third-order valence-corrected chi connectivity index (χ3v) is 9.26. The van der Waals surface area contributed by atoms with Crippen LogP contribution >= 0.6 is 11.3 Å². The van der Waals surface area contributed by atoms with Gasteiger partial charge in [-0.1, -0.05) is 115 Å². The van der Waals surface area contributed by atoms with Crippen molar-refractivity contribution < 1.29 is 57.1 Å². The van der Waals surface area contributed by atoms with E-state index in [0.29, 0.717) is 6.54 Å². The third-order valence-electron chi connectivity index (χ3n) is 7.95. The van der Waals surface area contributed by atoms with Crippen molar-refractivity contribution in [3.05, 3.63) is 16.1 Å². The lowest BCUT2D eigenvalue weighted by atomic mass is 10.0. The second-order valence-electron chi connectivity index (χ2n) is 11.6. The molecule has 44 heavy (non-hydrogen) atoms. The Morgan fingerprint density at radius 1 is 0.864 bits per heavy atom. The van der Waals surface area contributed by atoms with Crippen LogP contribution in [0.25, 0.3) is 0 Å². The van der Waals surface area contributed by atoms with Crippen molar-refractivity contribution in [2.75, 3.05) is 26.9 Å². The molecule has 3 amide bonds. The molecule has 1 heterocycles. The SMILES string of the molecule is CCCCCCCCCCCCCCCCCCNC(=O)OCC(COC(=O)N(C(C)=O)C(C)c1sc[n+](C)c1C)OC.[I-]. The number of nitrogens with zero attached hydrogens (tertiary/aromatic N) is 2. The van der Waals surface area contributed by atoms with Gasteiger partial charge in [-0.2, -0.15) is 4.57 Å². The van der Waals surface area contributed by atoms with Crippen molar-refractivity contribution >= 4 is 29.4 Å². The molecule has 0 aliphatic rings. The number of carbonyl (C=O) groups excluding carboxylic acids is 3. The fourth-order valence-electron chi connectivity index (χ4n) is 5.05. The van der Waals surface area contributed by atoms with E-state index in [4.69, 9.17) is 14.2 Å². The normalized spacial score (nSPS) is 12.2. The van der Waals surface area contributed by atoms with E-state index in [1.54, 1.807) is 6.92 Å². The molecular weight excluding hydrogens is 693 g/mol. The first-order valence-electron chi connectivity index (χ1n) is 16.6. The lowest BCUT2D eigenvalue weighted by Gasteiger charge is -2.25. The molecule has 0 fully saturated rings. The summed E-state index contributed by atoms with van der Waals surface area (Å²) in [7, 11) is 3.37. The quantitative estimate of drug-likeness (QED) is 0.0914. The van der Waals surface area contributed by atoms with E-state index >= 15 is 0 Å². The lowest BCUT2D eigenvalue weighted by Crippen LogP contribution is -3.00. The highest BCUT2D eigenvalue weighted by atomic mass is 127. The zero-order valence-corrected chi connectivity index (χ0v) is 31.3. The van der Waals surface area contributed by atoms with Crippen molar-refractivity contribution in [2.45, 2.75) is 143 Å². The smallest absolute Gasteiger partial charge is 0.417 e. The third kappa shape index (κ3) is 18.5. The summed E-state index contributed by atoms with van der Waals surface area (Å²) in [5.74, 6) is -0.411. The number of methoxy groups -OCH3 is 1. The number of carbonyl (C=O) groups is 3. The number of halogens is 1. The summed E-state index contributed by atoms with van der Waals surface area (Å²) < 4.78 is 17.9. The van der Waals surface area contributed by atoms with Gasteiger partial charge in [-0.05, 0) is 13.3 Å². The van der Waals surface area contributed by atoms with Gasteiger partial charge in [-0.15, -0.1) is 0 Å². The number of nitrogens with one attached hydrogen (secondary N) is 1. The second kappa shape index (κ2) is 26.7. The molecule has 1 aromatic rings. The average Bonchev–Trinajstić information content (AvgIpc) is 3.32. The molecule has 1 N–H and O–H groups in total. The first-order chi connectivity index (χ1) is 20.7. The molecule has 1 rings (SSSR count). The number of aryl methyl sites for hydroxylation is 1. The fourth-order valence-corrected chi connectivity index (χ4v) is 6.10. The van der Waals surface area contributed by atoms with E-state index in [-0.39, 0.29) is 37.2 Å². The molecule has 1 aromatic heterocycles. The predicted molar refractivity (Wildman–Crippen MR) is 172 cm³/mol. The first kappa shape index (κ1) is 42.5. The van der Waals surface area contributed by atoms with E-state index < -0.39 is 30.2 Å². The van der Waals surface area contributed by atoms with Crippen LogP contribution < -0.4 is 33.9 Å². The number of ether oxygens (including phenoxy) is 3. The minimum atomic E-state index is -0.759. The van der Waals surface area contributed by atoms with E-state index in [2.05, 4.69) is 12.2 Å². The number of amides is 3. The molecular formula is C33H60IN3O6S. The van der Waals surface area contributed by atoms with E-state index in [1.165, 1.54) is 115 Å². The molecule has 0 spiro atoms. The van der Waals surface area contributed by atoms with Crippen molar-refractivity contribution in [3.8, 4) is 0 Å². The minimum Gasteiger partial charge on any atom is -1.00 e. The van der Waals surface area contributed by atoms with E-state index in [9.17, 15) is 14.4 Å². The zero-order valence-electron chi connectivity index (χ0n) is 28.3. The average molecular weight is 754 g/mol. The van der Waals surface area contributed by atoms with Crippen LogP contribution in [0.4, 0.5) is 9.59 Å². The summed E-state index contributed by atoms with van der Waals surface area (Å²) in [6.07, 6.45) is 19.0. The number of imide groups is 1. The number of hydrogen-bond donors (Lipinski definition) is 1. The standard InChI is InChI=1S/C33H59N3O6S.HI/c1-7-8-9-10-11-12-13-14-15-16-17-18-19-20-21-22-23-34-32(38)41-24-30(40-6)25-42-33(39)36(29(4)37)28(3)31-27(2)35(5)26-43-31;/h26,28,30H,7-25H2,1-6H3;1H. The summed E-state index contributed by atoms with van der Waals surface area (Å²) in [6.45, 7) is 7.69. The van der Waals surface area contributed by atoms with Crippen LogP contribution in [-0.4, -0.2) is 56.0 Å². The maximum absolute atomic E-state index is 12.8. The highest BCUT2D eigenvalue weighted by molar-refractivity contribution is 7.09. The first-order valence-corrected chi connectivity index (χ1v) is 17.4. The number of hydrogen-bond acceptors (Lipinski definition) is 7. The van der Waals surface area contributed by atoms with Crippen molar-refractivity contribution in [3.63, 3.8) is 0 Å². The molecule has 9 nitrogen and oxygen atoms in total. The predicted octanol–water partition coefficient (Wildman–Crippen LogP) is 4.93. The van der Waals surface area contributed by atoms with E-state index in [1.807, 2.05) is 24.0 Å². The fraction of sp³-hybridized carbons (Fsp3) is 0.818. The van der Waals surface area contributed by atoms with Gasteiger partial charge in [-0.25, -0.2) is 14.5 Å². The molecule has 256 valence electrons. The summed E-state index contributed by atoms with van der Waals surface area (Å²) in [5.41, 5.74) is 2.90. The Balaban J connectivity index is 0.0000185. The number of thiazole rings is 1. The molecule has 11 heteroatoms. The molecule has 0 bridgehead atoms. The van der Waals surface area contributed by atoms with Gasteiger partial charge in [0.2, 0.25) is 11.4 Å². The van der Waals surface area contributed by atoms with Crippen LogP contribution in [0.15, 0.2) is 5.51 Å². The van der Waals surface area contributed by atoms with Crippen molar-refractivity contribution in [1.29, 1.82) is 0 Å². The van der Waals surface area contributed by atoms with Crippen molar-refractivity contribution in [2.24, 2.45) is 7.05 Å². The molecule has 0 saturated carbocycles. The van der Waals surface area contributed by atoms with Crippen LogP contribution in [0.2, 0.25) is 0 Å².